The number of anilines is 1. The van der Waals surface area contributed by atoms with E-state index in [-0.39, 0.29) is 11.4 Å². The summed E-state index contributed by atoms with van der Waals surface area (Å²) < 4.78 is 19.4. The van der Waals surface area contributed by atoms with Crippen LogP contribution in [0.5, 0.6) is 0 Å². The lowest BCUT2D eigenvalue weighted by atomic mass is 9.94. The number of para-hydroxylation sites is 1. The molecule has 0 spiro atoms. The maximum atomic E-state index is 13.9. The molecule has 1 aliphatic rings. The molecular weight excluding hydrogens is 233 g/mol. The maximum Gasteiger partial charge on any atom is 0.152 e. The highest BCUT2D eigenvalue weighted by Crippen LogP contribution is 2.31. The summed E-state index contributed by atoms with van der Waals surface area (Å²) in [5, 5.41) is 0. The molecule has 0 radical (unpaired) electrons. The van der Waals surface area contributed by atoms with Crippen LogP contribution in [0.3, 0.4) is 0 Å². The van der Waals surface area contributed by atoms with E-state index in [1.807, 2.05) is 11.8 Å². The summed E-state index contributed by atoms with van der Waals surface area (Å²) in [6.45, 7) is 3.37. The van der Waals surface area contributed by atoms with Crippen molar-refractivity contribution in [2.75, 3.05) is 25.1 Å². The molecule has 0 saturated carbocycles. The molecule has 0 N–H and O–H groups in total. The van der Waals surface area contributed by atoms with Gasteiger partial charge in [0, 0.05) is 25.8 Å². The van der Waals surface area contributed by atoms with Crippen molar-refractivity contribution in [3.63, 3.8) is 0 Å². The molecule has 1 aliphatic heterocycles. The van der Waals surface area contributed by atoms with Gasteiger partial charge in [-0.1, -0.05) is 6.07 Å². The minimum Gasteiger partial charge on any atom is -0.377 e. The van der Waals surface area contributed by atoms with E-state index in [0.717, 1.165) is 19.4 Å². The number of nitrogens with zero attached hydrogens (tertiary/aromatic N) is 1. The maximum absolute atomic E-state index is 13.9. The van der Waals surface area contributed by atoms with Gasteiger partial charge >= 0.3 is 0 Å². The average molecular weight is 251 g/mol. The standard InChI is InChI=1S/C14H18FNO2/c1-14(18-2)7-4-8-16(10-14)13-11(9-17)5-3-6-12(13)15/h3,5-6,9H,4,7-8,10H2,1-2H3. The second-order valence-corrected chi connectivity index (χ2v) is 4.97. The van der Waals surface area contributed by atoms with Gasteiger partial charge in [-0.05, 0) is 31.9 Å². The lowest BCUT2D eigenvalue weighted by Gasteiger charge is -2.41. The van der Waals surface area contributed by atoms with E-state index in [0.29, 0.717) is 24.1 Å². The molecule has 98 valence electrons. The van der Waals surface area contributed by atoms with Gasteiger partial charge in [-0.2, -0.15) is 0 Å². The minimum absolute atomic E-state index is 0.277. The topological polar surface area (TPSA) is 29.5 Å². The van der Waals surface area contributed by atoms with Crippen LogP contribution in [0.25, 0.3) is 0 Å². The van der Waals surface area contributed by atoms with Crippen molar-refractivity contribution in [1.82, 2.24) is 0 Å². The SMILES string of the molecule is COC1(C)CCCN(c2c(F)cccc2C=O)C1. The second kappa shape index (κ2) is 5.06. The van der Waals surface area contributed by atoms with Gasteiger partial charge in [0.1, 0.15) is 5.82 Å². The number of piperidine rings is 1. The molecule has 3 nitrogen and oxygen atoms in total. The highest BCUT2D eigenvalue weighted by Gasteiger charge is 2.32. The molecule has 0 bridgehead atoms. The lowest BCUT2D eigenvalue weighted by molar-refractivity contribution is -0.00479. The highest BCUT2D eigenvalue weighted by atomic mass is 19.1. The third-order valence-electron chi connectivity index (χ3n) is 3.61. The predicted octanol–water partition coefficient (Wildman–Crippen LogP) is 2.64. The minimum atomic E-state index is -0.347. The van der Waals surface area contributed by atoms with E-state index in [1.54, 1.807) is 19.2 Å². The van der Waals surface area contributed by atoms with Crippen molar-refractivity contribution in [3.8, 4) is 0 Å². The normalized spacial score (nSPS) is 24.1. The van der Waals surface area contributed by atoms with E-state index >= 15 is 0 Å². The highest BCUT2D eigenvalue weighted by molar-refractivity contribution is 5.84. The van der Waals surface area contributed by atoms with E-state index in [9.17, 15) is 9.18 Å². The third kappa shape index (κ3) is 2.38. The van der Waals surface area contributed by atoms with Crippen LogP contribution in [-0.2, 0) is 4.74 Å². The Balaban J connectivity index is 2.34. The van der Waals surface area contributed by atoms with E-state index in [4.69, 9.17) is 4.74 Å². The van der Waals surface area contributed by atoms with E-state index in [1.165, 1.54) is 6.07 Å². The van der Waals surface area contributed by atoms with Crippen LogP contribution in [0.2, 0.25) is 0 Å². The summed E-state index contributed by atoms with van der Waals surface area (Å²) >= 11 is 0. The first-order chi connectivity index (χ1) is 8.59. The average Bonchev–Trinajstić information content (AvgIpc) is 2.38. The van der Waals surface area contributed by atoms with Gasteiger partial charge in [0.05, 0.1) is 11.3 Å². The summed E-state index contributed by atoms with van der Waals surface area (Å²) in [6.07, 6.45) is 2.58. The van der Waals surface area contributed by atoms with Gasteiger partial charge in [0.2, 0.25) is 0 Å². The molecule has 1 atom stereocenters. The summed E-state index contributed by atoms with van der Waals surface area (Å²) in [5.74, 6) is -0.347. The summed E-state index contributed by atoms with van der Waals surface area (Å²) in [5.41, 5.74) is 0.520. The Labute approximate surface area is 107 Å². The number of methoxy groups -OCH3 is 1. The fourth-order valence-electron chi connectivity index (χ4n) is 2.52. The molecule has 0 amide bonds. The van der Waals surface area contributed by atoms with Gasteiger partial charge in [-0.25, -0.2) is 4.39 Å². The predicted molar refractivity (Wildman–Crippen MR) is 68.6 cm³/mol. The summed E-state index contributed by atoms with van der Waals surface area (Å²) in [7, 11) is 1.67. The van der Waals surface area contributed by atoms with E-state index < -0.39 is 0 Å². The zero-order chi connectivity index (χ0) is 13.2. The fraction of sp³-hybridized carbons (Fsp3) is 0.500. The number of halogens is 1. The lowest BCUT2D eigenvalue weighted by Crippen LogP contribution is -2.48. The Morgan fingerprint density at radius 1 is 1.50 bits per heavy atom. The van der Waals surface area contributed by atoms with Crippen molar-refractivity contribution in [2.24, 2.45) is 0 Å². The molecule has 1 fully saturated rings. The van der Waals surface area contributed by atoms with Crippen LogP contribution in [0.1, 0.15) is 30.1 Å². The molecule has 1 aromatic carbocycles. The van der Waals surface area contributed by atoms with Crippen LogP contribution in [0, 0.1) is 5.82 Å². The smallest absolute Gasteiger partial charge is 0.152 e. The van der Waals surface area contributed by atoms with Gasteiger partial charge < -0.3 is 9.64 Å². The summed E-state index contributed by atoms with van der Waals surface area (Å²) in [4.78, 5) is 12.9. The molecule has 0 aromatic heterocycles. The Hall–Kier alpha value is -1.42. The number of hydrogen-bond donors (Lipinski definition) is 0. The number of rotatable bonds is 3. The van der Waals surface area contributed by atoms with Gasteiger partial charge in [-0.15, -0.1) is 0 Å². The zero-order valence-electron chi connectivity index (χ0n) is 10.8. The first-order valence-corrected chi connectivity index (χ1v) is 6.13. The first kappa shape index (κ1) is 13.0. The van der Waals surface area contributed by atoms with E-state index in [2.05, 4.69) is 0 Å². The van der Waals surface area contributed by atoms with Crippen molar-refractivity contribution in [1.29, 1.82) is 0 Å². The number of aldehydes is 1. The van der Waals surface area contributed by atoms with Crippen molar-refractivity contribution >= 4 is 12.0 Å². The Morgan fingerprint density at radius 2 is 2.28 bits per heavy atom. The largest absolute Gasteiger partial charge is 0.377 e. The molecule has 1 saturated heterocycles. The quantitative estimate of drug-likeness (QED) is 0.773. The Bertz CT molecular complexity index is 449. The number of benzene rings is 1. The number of carbonyl (C=O) groups is 1. The Kier molecular flexibility index (Phi) is 3.66. The third-order valence-corrected chi connectivity index (χ3v) is 3.61. The van der Waals surface area contributed by atoms with Crippen molar-refractivity contribution in [2.45, 2.75) is 25.4 Å². The molecule has 18 heavy (non-hydrogen) atoms. The van der Waals surface area contributed by atoms with Crippen LogP contribution in [0.4, 0.5) is 10.1 Å². The monoisotopic (exact) mass is 251 g/mol. The molecule has 1 aromatic rings. The molecule has 0 aliphatic carbocycles. The molecular formula is C14H18FNO2. The van der Waals surface area contributed by atoms with Gasteiger partial charge in [0.15, 0.2) is 6.29 Å². The summed E-state index contributed by atoms with van der Waals surface area (Å²) in [6, 6.07) is 4.59. The first-order valence-electron chi connectivity index (χ1n) is 6.13. The van der Waals surface area contributed by atoms with Gasteiger partial charge in [0.25, 0.3) is 0 Å². The fourth-order valence-corrected chi connectivity index (χ4v) is 2.52. The molecule has 1 heterocycles. The Morgan fingerprint density at radius 3 is 2.94 bits per heavy atom. The number of hydrogen-bond acceptors (Lipinski definition) is 3. The van der Waals surface area contributed by atoms with Crippen LogP contribution in [-0.4, -0.2) is 32.1 Å². The van der Waals surface area contributed by atoms with Crippen molar-refractivity contribution in [3.05, 3.63) is 29.6 Å². The second-order valence-electron chi connectivity index (χ2n) is 4.97. The van der Waals surface area contributed by atoms with Gasteiger partial charge in [-0.3, -0.25) is 4.79 Å². The zero-order valence-corrected chi connectivity index (χ0v) is 10.8. The van der Waals surface area contributed by atoms with Crippen LogP contribution < -0.4 is 4.90 Å². The molecule has 2 rings (SSSR count). The number of carbonyl (C=O) groups excluding carboxylic acids is 1. The molecule has 4 heteroatoms. The van der Waals surface area contributed by atoms with Crippen molar-refractivity contribution < 1.29 is 13.9 Å². The number of ether oxygens (including phenoxy) is 1. The molecule has 1 unspecified atom stereocenters. The van der Waals surface area contributed by atoms with Crippen LogP contribution in [0.15, 0.2) is 18.2 Å². The van der Waals surface area contributed by atoms with Crippen LogP contribution >= 0.6 is 0 Å².